The molecule has 0 fully saturated rings. The van der Waals surface area contributed by atoms with Gasteiger partial charge in [0.2, 0.25) is 0 Å². The van der Waals surface area contributed by atoms with Gasteiger partial charge in [-0.1, -0.05) is 66.7 Å². The lowest BCUT2D eigenvalue weighted by molar-refractivity contribution is 0.318. The van der Waals surface area contributed by atoms with E-state index < -0.39 is 0 Å². The lowest BCUT2D eigenvalue weighted by Gasteiger charge is -2.02. The zero-order chi connectivity index (χ0) is 14.1. The third-order valence-corrected chi connectivity index (χ3v) is 3.52. The van der Waals surface area contributed by atoms with Crippen molar-refractivity contribution in [3.8, 4) is 0 Å². The first-order chi connectivity index (χ1) is 9.19. The van der Waals surface area contributed by atoms with Crippen LogP contribution < -0.4 is 0 Å². The summed E-state index contributed by atoms with van der Waals surface area (Å²) < 4.78 is 0. The van der Waals surface area contributed by atoms with Gasteiger partial charge in [-0.25, -0.2) is 0 Å². The maximum atomic E-state index is 8.97. The van der Waals surface area contributed by atoms with Crippen LogP contribution in [-0.2, 0) is 0 Å². The first-order valence-corrected chi connectivity index (χ1v) is 7.27. The summed E-state index contributed by atoms with van der Waals surface area (Å²) in [5.74, 6) is 0. The molecule has 2 nitrogen and oxygen atoms in total. The van der Waals surface area contributed by atoms with E-state index in [1.807, 2.05) is 0 Å². The normalized spacial score (nSPS) is 12.3. The third kappa shape index (κ3) is 5.66. The molecular weight excluding hydrogens is 281 g/mol. The topological polar surface area (TPSA) is 32.6 Å². The highest BCUT2D eigenvalue weighted by Crippen LogP contribution is 2.25. The van der Waals surface area contributed by atoms with Gasteiger partial charge in [-0.3, -0.25) is 0 Å². The maximum Gasteiger partial charge on any atom is 0.0795 e. The fourth-order valence-electron chi connectivity index (χ4n) is 1.75. The molecule has 0 radical (unpaired) electrons. The van der Waals surface area contributed by atoms with Gasteiger partial charge in [-0.15, -0.1) is 0 Å². The van der Waals surface area contributed by atoms with Crippen LogP contribution >= 0.6 is 23.2 Å². The second-order valence-corrected chi connectivity index (χ2v) is 5.19. The van der Waals surface area contributed by atoms with Crippen molar-refractivity contribution >= 4 is 35.0 Å². The van der Waals surface area contributed by atoms with Crippen LogP contribution in [0.25, 0.3) is 6.08 Å². The highest BCUT2D eigenvalue weighted by molar-refractivity contribution is 6.37. The molecule has 0 heterocycles. The van der Waals surface area contributed by atoms with E-state index in [0.29, 0.717) is 15.8 Å². The smallest absolute Gasteiger partial charge is 0.0795 e. The summed E-state index contributed by atoms with van der Waals surface area (Å²) in [5, 5.41) is 13.5. The Bertz CT molecular complexity index is 435. The number of rotatable bonds is 7. The maximum absolute atomic E-state index is 8.97. The average Bonchev–Trinajstić information content (AvgIpc) is 2.40. The molecule has 1 aromatic carbocycles. The van der Waals surface area contributed by atoms with Gasteiger partial charge in [-0.2, -0.15) is 0 Å². The van der Waals surface area contributed by atoms with E-state index in [4.69, 9.17) is 28.4 Å². The molecule has 0 aromatic heterocycles. The van der Waals surface area contributed by atoms with Crippen molar-refractivity contribution in [3.63, 3.8) is 0 Å². The Balaban J connectivity index is 2.63. The zero-order valence-corrected chi connectivity index (χ0v) is 12.6. The second kappa shape index (κ2) is 9.00. The quantitative estimate of drug-likeness (QED) is 0.293. The van der Waals surface area contributed by atoms with E-state index in [9.17, 15) is 0 Å². The van der Waals surface area contributed by atoms with Crippen LogP contribution in [0, 0.1) is 0 Å². The van der Waals surface area contributed by atoms with Gasteiger partial charge in [0.05, 0.1) is 5.71 Å². The molecule has 0 aliphatic rings. The number of hydrogen-bond donors (Lipinski definition) is 1. The van der Waals surface area contributed by atoms with E-state index in [2.05, 4.69) is 12.1 Å². The van der Waals surface area contributed by atoms with Crippen LogP contribution in [0.2, 0.25) is 10.0 Å². The highest BCUT2D eigenvalue weighted by atomic mass is 35.5. The molecule has 0 saturated carbocycles. The molecule has 0 saturated heterocycles. The van der Waals surface area contributed by atoms with E-state index >= 15 is 0 Å². The Hall–Kier alpha value is -0.990. The summed E-state index contributed by atoms with van der Waals surface area (Å²) in [5.41, 5.74) is 1.40. The van der Waals surface area contributed by atoms with Crippen molar-refractivity contribution in [3.05, 3.63) is 39.9 Å². The van der Waals surface area contributed by atoms with Crippen LogP contribution in [0.1, 0.15) is 44.6 Å². The van der Waals surface area contributed by atoms with E-state index in [-0.39, 0.29) is 0 Å². The lowest BCUT2D eigenvalue weighted by atomic mass is 10.1. The monoisotopic (exact) mass is 299 g/mol. The van der Waals surface area contributed by atoms with Crippen molar-refractivity contribution < 1.29 is 5.21 Å². The molecule has 0 aliphatic carbocycles. The summed E-state index contributed by atoms with van der Waals surface area (Å²) in [6.45, 7) is 2.17. The lowest BCUT2D eigenvalue weighted by Crippen LogP contribution is -1.94. The predicted octanol–water partition coefficient (Wildman–Crippen LogP) is 5.81. The van der Waals surface area contributed by atoms with Crippen molar-refractivity contribution in [2.45, 2.75) is 39.0 Å². The predicted molar refractivity (Wildman–Crippen MR) is 83.5 cm³/mol. The number of benzene rings is 1. The first-order valence-electron chi connectivity index (χ1n) is 6.52. The molecule has 0 bridgehead atoms. The average molecular weight is 300 g/mol. The summed E-state index contributed by atoms with van der Waals surface area (Å²) in [7, 11) is 0. The zero-order valence-electron chi connectivity index (χ0n) is 11.1. The molecule has 1 aromatic rings. The third-order valence-electron chi connectivity index (χ3n) is 2.86. The van der Waals surface area contributed by atoms with Crippen molar-refractivity contribution in [1.29, 1.82) is 0 Å². The SMILES string of the molecule is CCCCCCC(/C=C/c1c(Cl)cccc1Cl)=N\O. The number of unbranched alkanes of at least 4 members (excludes halogenated alkanes) is 3. The number of oxime groups is 1. The minimum Gasteiger partial charge on any atom is -0.411 e. The molecular formula is C15H19Cl2NO. The van der Waals surface area contributed by atoms with Crippen LogP contribution in [0.4, 0.5) is 0 Å². The molecule has 104 valence electrons. The van der Waals surface area contributed by atoms with E-state index in [0.717, 1.165) is 24.8 Å². The van der Waals surface area contributed by atoms with Gasteiger partial charge in [0.15, 0.2) is 0 Å². The summed E-state index contributed by atoms with van der Waals surface area (Å²) in [6, 6.07) is 5.36. The Labute approximate surface area is 124 Å². The number of nitrogens with zero attached hydrogens (tertiary/aromatic N) is 1. The van der Waals surface area contributed by atoms with E-state index in [1.165, 1.54) is 12.8 Å². The molecule has 1 N–H and O–H groups in total. The molecule has 1 rings (SSSR count). The number of hydrogen-bond acceptors (Lipinski definition) is 2. The summed E-state index contributed by atoms with van der Waals surface area (Å²) in [6.07, 6.45) is 8.88. The minimum absolute atomic E-state index is 0.590. The number of halogens is 2. The summed E-state index contributed by atoms with van der Waals surface area (Å²) >= 11 is 12.1. The van der Waals surface area contributed by atoms with Gasteiger partial charge in [0, 0.05) is 15.6 Å². The molecule has 4 heteroatoms. The minimum atomic E-state index is 0.590. The number of allylic oxidation sites excluding steroid dienone is 1. The van der Waals surface area contributed by atoms with Crippen molar-refractivity contribution in [1.82, 2.24) is 0 Å². The van der Waals surface area contributed by atoms with Gasteiger partial charge < -0.3 is 5.21 Å². The van der Waals surface area contributed by atoms with Crippen molar-refractivity contribution in [2.24, 2.45) is 5.16 Å². The molecule has 0 unspecified atom stereocenters. The molecule has 0 amide bonds. The highest BCUT2D eigenvalue weighted by Gasteiger charge is 2.02. The van der Waals surface area contributed by atoms with Gasteiger partial charge >= 0.3 is 0 Å². The van der Waals surface area contributed by atoms with Crippen LogP contribution in [0.3, 0.4) is 0 Å². The van der Waals surface area contributed by atoms with Gasteiger partial charge in [0.25, 0.3) is 0 Å². The molecule has 0 aliphatic heterocycles. The van der Waals surface area contributed by atoms with Crippen LogP contribution in [0.15, 0.2) is 29.4 Å². The van der Waals surface area contributed by atoms with Crippen LogP contribution in [-0.4, -0.2) is 10.9 Å². The standard InChI is InChI=1S/C15H19Cl2NO/c1-2-3-4-5-7-12(18-19)10-11-13-14(16)8-6-9-15(13)17/h6,8-11,19H,2-5,7H2,1H3/b11-10+,18-12+. The Kier molecular flexibility index (Phi) is 7.61. The van der Waals surface area contributed by atoms with E-state index in [1.54, 1.807) is 30.4 Å². The van der Waals surface area contributed by atoms with Crippen molar-refractivity contribution in [2.75, 3.05) is 0 Å². The Morgan fingerprint density at radius 1 is 1.21 bits per heavy atom. The first kappa shape index (κ1) is 16.1. The second-order valence-electron chi connectivity index (χ2n) is 4.37. The fourth-order valence-corrected chi connectivity index (χ4v) is 2.27. The fraction of sp³-hybridized carbons (Fsp3) is 0.400. The Morgan fingerprint density at radius 2 is 1.89 bits per heavy atom. The van der Waals surface area contributed by atoms with Gasteiger partial charge in [0.1, 0.15) is 0 Å². The summed E-state index contributed by atoms with van der Waals surface area (Å²) in [4.78, 5) is 0. The molecule has 0 atom stereocenters. The van der Waals surface area contributed by atoms with Gasteiger partial charge in [-0.05, 0) is 31.1 Å². The Morgan fingerprint density at radius 3 is 2.47 bits per heavy atom. The molecule has 19 heavy (non-hydrogen) atoms. The largest absolute Gasteiger partial charge is 0.411 e. The van der Waals surface area contributed by atoms with Crippen LogP contribution in [0.5, 0.6) is 0 Å². The molecule has 0 spiro atoms.